The van der Waals surface area contributed by atoms with Crippen molar-refractivity contribution < 1.29 is 13.2 Å². The van der Waals surface area contributed by atoms with Gasteiger partial charge < -0.3 is 0 Å². The summed E-state index contributed by atoms with van der Waals surface area (Å²) in [5.41, 5.74) is -1.45. The third-order valence-electron chi connectivity index (χ3n) is 3.67. The van der Waals surface area contributed by atoms with E-state index in [0.717, 1.165) is 25.7 Å². The van der Waals surface area contributed by atoms with E-state index in [0.29, 0.717) is 25.9 Å². The van der Waals surface area contributed by atoms with Crippen molar-refractivity contribution in [2.24, 2.45) is 0 Å². The van der Waals surface area contributed by atoms with Crippen molar-refractivity contribution in [1.29, 1.82) is 0 Å². The molecule has 0 amide bonds. The number of rotatable bonds is 1. The summed E-state index contributed by atoms with van der Waals surface area (Å²) >= 11 is 0. The SMILES string of the molecule is FC(F)(F)C1(N2CCCC2)CCCC1. The first-order valence-corrected chi connectivity index (χ1v) is 5.38. The third kappa shape index (κ3) is 1.44. The van der Waals surface area contributed by atoms with E-state index < -0.39 is 11.7 Å². The van der Waals surface area contributed by atoms with Crippen LogP contribution < -0.4 is 0 Å². The molecule has 0 aromatic heterocycles. The maximum Gasteiger partial charge on any atom is 0.406 e. The van der Waals surface area contributed by atoms with Gasteiger partial charge in [0.25, 0.3) is 0 Å². The summed E-state index contributed by atoms with van der Waals surface area (Å²) in [4.78, 5) is 1.68. The molecule has 1 nitrogen and oxygen atoms in total. The second kappa shape index (κ2) is 3.40. The molecule has 0 unspecified atom stereocenters. The molecule has 0 radical (unpaired) electrons. The van der Waals surface area contributed by atoms with Crippen molar-refractivity contribution in [2.45, 2.75) is 50.2 Å². The minimum atomic E-state index is -4.03. The Labute approximate surface area is 82.3 Å². The fraction of sp³-hybridized carbons (Fsp3) is 1.00. The Kier molecular flexibility index (Phi) is 2.50. The first kappa shape index (κ1) is 10.3. The standard InChI is InChI=1S/C10H16F3N/c11-10(12,13)9(5-1-2-6-9)14-7-3-4-8-14/h1-8H2. The average Bonchev–Trinajstić information content (AvgIpc) is 2.74. The number of hydrogen-bond acceptors (Lipinski definition) is 1. The van der Waals surface area contributed by atoms with Gasteiger partial charge in [-0.05, 0) is 38.8 Å². The molecule has 82 valence electrons. The summed E-state index contributed by atoms with van der Waals surface area (Å²) in [6.07, 6.45) is -0.0808. The second-order valence-corrected chi connectivity index (χ2v) is 4.43. The molecule has 0 bridgehead atoms. The van der Waals surface area contributed by atoms with E-state index in [1.165, 1.54) is 0 Å². The van der Waals surface area contributed by atoms with Crippen LogP contribution in [-0.2, 0) is 0 Å². The Bertz CT molecular complexity index is 200. The van der Waals surface area contributed by atoms with Gasteiger partial charge in [0.2, 0.25) is 0 Å². The Balaban J connectivity index is 2.21. The van der Waals surface area contributed by atoms with Gasteiger partial charge >= 0.3 is 6.18 Å². The molecular weight excluding hydrogens is 191 g/mol. The van der Waals surface area contributed by atoms with Crippen LogP contribution in [0, 0.1) is 0 Å². The van der Waals surface area contributed by atoms with Crippen LogP contribution in [0.25, 0.3) is 0 Å². The summed E-state index contributed by atoms with van der Waals surface area (Å²) in [7, 11) is 0. The van der Waals surface area contributed by atoms with Gasteiger partial charge in [-0.1, -0.05) is 12.8 Å². The number of likely N-dealkylation sites (tertiary alicyclic amines) is 1. The molecule has 1 saturated heterocycles. The molecule has 0 aromatic carbocycles. The largest absolute Gasteiger partial charge is 0.406 e. The maximum absolute atomic E-state index is 13.0. The van der Waals surface area contributed by atoms with Crippen LogP contribution >= 0.6 is 0 Å². The topological polar surface area (TPSA) is 3.24 Å². The molecule has 1 aliphatic carbocycles. The molecule has 1 aliphatic heterocycles. The van der Waals surface area contributed by atoms with E-state index in [1.54, 1.807) is 4.90 Å². The van der Waals surface area contributed by atoms with Crippen LogP contribution in [0.5, 0.6) is 0 Å². The van der Waals surface area contributed by atoms with Gasteiger partial charge in [0.1, 0.15) is 5.54 Å². The first-order chi connectivity index (χ1) is 6.56. The summed E-state index contributed by atoms with van der Waals surface area (Å²) < 4.78 is 39.1. The van der Waals surface area contributed by atoms with Crippen LogP contribution in [0.1, 0.15) is 38.5 Å². The van der Waals surface area contributed by atoms with Crippen molar-refractivity contribution in [3.8, 4) is 0 Å². The zero-order valence-corrected chi connectivity index (χ0v) is 8.24. The maximum atomic E-state index is 13.0. The van der Waals surface area contributed by atoms with E-state index in [2.05, 4.69) is 0 Å². The minimum Gasteiger partial charge on any atom is -0.290 e. The summed E-state index contributed by atoms with van der Waals surface area (Å²) in [5, 5.41) is 0. The zero-order valence-electron chi connectivity index (χ0n) is 8.24. The van der Waals surface area contributed by atoms with E-state index in [1.807, 2.05) is 0 Å². The highest BCUT2D eigenvalue weighted by Gasteiger charge is 2.59. The lowest BCUT2D eigenvalue weighted by molar-refractivity contribution is -0.227. The molecule has 2 fully saturated rings. The van der Waals surface area contributed by atoms with E-state index in [9.17, 15) is 13.2 Å². The van der Waals surface area contributed by atoms with E-state index >= 15 is 0 Å². The highest BCUT2D eigenvalue weighted by Crippen LogP contribution is 2.48. The third-order valence-corrected chi connectivity index (χ3v) is 3.67. The second-order valence-electron chi connectivity index (χ2n) is 4.43. The van der Waals surface area contributed by atoms with Gasteiger partial charge in [-0.15, -0.1) is 0 Å². The molecule has 0 N–H and O–H groups in total. The number of alkyl halides is 3. The molecule has 0 atom stereocenters. The average molecular weight is 207 g/mol. The number of halogens is 3. The fourth-order valence-electron chi connectivity index (χ4n) is 2.88. The smallest absolute Gasteiger partial charge is 0.290 e. The lowest BCUT2D eigenvalue weighted by atomic mass is 9.94. The van der Waals surface area contributed by atoms with Gasteiger partial charge in [-0.2, -0.15) is 13.2 Å². The van der Waals surface area contributed by atoms with Gasteiger partial charge in [-0.3, -0.25) is 4.90 Å². The van der Waals surface area contributed by atoms with Crippen molar-refractivity contribution in [3.05, 3.63) is 0 Å². The van der Waals surface area contributed by atoms with Crippen LogP contribution in [0.15, 0.2) is 0 Å². The molecule has 1 saturated carbocycles. The fourth-order valence-corrected chi connectivity index (χ4v) is 2.88. The number of hydrogen-bond donors (Lipinski definition) is 0. The minimum absolute atomic E-state index is 0.316. The normalized spacial score (nSPS) is 28.5. The highest BCUT2D eigenvalue weighted by molar-refractivity contribution is 5.01. The lowest BCUT2D eigenvalue weighted by Crippen LogP contribution is -2.55. The predicted molar refractivity (Wildman–Crippen MR) is 48.1 cm³/mol. The van der Waals surface area contributed by atoms with Gasteiger partial charge in [0.05, 0.1) is 0 Å². The quantitative estimate of drug-likeness (QED) is 0.639. The Morgan fingerprint density at radius 3 is 1.79 bits per heavy atom. The Hall–Kier alpha value is -0.250. The molecule has 4 heteroatoms. The van der Waals surface area contributed by atoms with Gasteiger partial charge in [0.15, 0.2) is 0 Å². The Morgan fingerprint density at radius 1 is 0.857 bits per heavy atom. The van der Waals surface area contributed by atoms with Crippen LogP contribution in [0.2, 0.25) is 0 Å². The zero-order chi connectivity index (χ0) is 10.2. The molecule has 0 spiro atoms. The van der Waals surface area contributed by atoms with Crippen LogP contribution in [0.4, 0.5) is 13.2 Å². The van der Waals surface area contributed by atoms with Crippen molar-refractivity contribution in [1.82, 2.24) is 4.90 Å². The van der Waals surface area contributed by atoms with Crippen LogP contribution in [0.3, 0.4) is 0 Å². The van der Waals surface area contributed by atoms with Gasteiger partial charge in [0, 0.05) is 0 Å². The molecule has 2 rings (SSSR count). The first-order valence-electron chi connectivity index (χ1n) is 5.38. The van der Waals surface area contributed by atoms with Crippen molar-refractivity contribution in [3.63, 3.8) is 0 Å². The van der Waals surface area contributed by atoms with E-state index in [-0.39, 0.29) is 0 Å². The van der Waals surface area contributed by atoms with Crippen molar-refractivity contribution >= 4 is 0 Å². The lowest BCUT2D eigenvalue weighted by Gasteiger charge is -2.40. The Morgan fingerprint density at radius 2 is 1.36 bits per heavy atom. The summed E-state index contributed by atoms with van der Waals surface area (Å²) in [5.74, 6) is 0. The molecule has 1 heterocycles. The highest BCUT2D eigenvalue weighted by atomic mass is 19.4. The van der Waals surface area contributed by atoms with E-state index in [4.69, 9.17) is 0 Å². The monoisotopic (exact) mass is 207 g/mol. The molecule has 2 aliphatic rings. The molecular formula is C10H16F3N. The van der Waals surface area contributed by atoms with Gasteiger partial charge in [-0.25, -0.2) is 0 Å². The van der Waals surface area contributed by atoms with Crippen molar-refractivity contribution in [2.75, 3.05) is 13.1 Å². The van der Waals surface area contributed by atoms with Crippen LogP contribution in [-0.4, -0.2) is 29.7 Å². The molecule has 0 aromatic rings. The number of nitrogens with zero attached hydrogens (tertiary/aromatic N) is 1. The molecule has 14 heavy (non-hydrogen) atoms. The predicted octanol–water partition coefficient (Wildman–Crippen LogP) is 2.96. The summed E-state index contributed by atoms with van der Waals surface area (Å²) in [6.45, 7) is 1.28. The summed E-state index contributed by atoms with van der Waals surface area (Å²) in [6, 6.07) is 0.